The number of nitrogens with one attached hydrogen (secondary N) is 2. The lowest BCUT2D eigenvalue weighted by Crippen LogP contribution is -2.19. The van der Waals surface area contributed by atoms with Gasteiger partial charge in [0.15, 0.2) is 0 Å². The van der Waals surface area contributed by atoms with Crippen molar-refractivity contribution in [3.8, 4) is 11.3 Å². The highest BCUT2D eigenvalue weighted by atomic mass is 32.2. The number of amides is 1. The van der Waals surface area contributed by atoms with Gasteiger partial charge in [0, 0.05) is 23.6 Å². The Morgan fingerprint density at radius 2 is 1.86 bits per heavy atom. The molecule has 9 heteroatoms. The minimum absolute atomic E-state index is 0.0326. The maximum Gasteiger partial charge on any atom is 0.236 e. The molecule has 1 fully saturated rings. The van der Waals surface area contributed by atoms with Crippen LogP contribution in [0.25, 0.3) is 11.3 Å². The fraction of sp³-hybridized carbons (Fsp3) is 0.200. The number of anilines is 2. The summed E-state index contributed by atoms with van der Waals surface area (Å²) in [6.07, 6.45) is 6.28. The summed E-state index contributed by atoms with van der Waals surface area (Å²) in [6.45, 7) is 0. The average Bonchev–Trinajstić information content (AvgIpc) is 3.55. The normalized spacial score (nSPS) is 13.7. The Balaban J connectivity index is 1.38. The van der Waals surface area contributed by atoms with Crippen molar-refractivity contribution in [3.63, 3.8) is 0 Å². The topological polar surface area (TPSA) is 114 Å². The molecule has 0 spiro atoms. The van der Waals surface area contributed by atoms with Crippen LogP contribution in [0.5, 0.6) is 0 Å². The third kappa shape index (κ3) is 4.94. The molecule has 1 aromatic carbocycles. The summed E-state index contributed by atoms with van der Waals surface area (Å²) in [4.78, 5) is 24.9. The molecule has 1 aliphatic rings. The van der Waals surface area contributed by atoms with E-state index in [1.54, 1.807) is 48.9 Å². The van der Waals surface area contributed by atoms with Gasteiger partial charge in [0.1, 0.15) is 5.82 Å². The van der Waals surface area contributed by atoms with Crippen LogP contribution in [0.1, 0.15) is 18.5 Å². The van der Waals surface area contributed by atoms with Crippen LogP contribution in [0.2, 0.25) is 0 Å². The summed E-state index contributed by atoms with van der Waals surface area (Å²) < 4.78 is 26.5. The Hall–Kier alpha value is -3.33. The molecule has 2 N–H and O–H groups in total. The van der Waals surface area contributed by atoms with E-state index in [0.29, 0.717) is 24.2 Å². The summed E-state index contributed by atoms with van der Waals surface area (Å²) in [5, 5.41) is 2.48. The molecule has 2 aromatic heterocycles. The molecule has 0 aliphatic heterocycles. The van der Waals surface area contributed by atoms with Crippen LogP contribution in [0.3, 0.4) is 0 Å². The predicted octanol–water partition coefficient (Wildman–Crippen LogP) is 2.62. The first-order valence-corrected chi connectivity index (χ1v) is 10.7. The molecule has 1 aliphatic carbocycles. The molecule has 8 nitrogen and oxygen atoms in total. The SMILES string of the molecule is O=C(Cc1cccc(NS(=O)(=O)C2CC2)n1)Nc1ccc(-c2cnccn2)cc1. The summed E-state index contributed by atoms with van der Waals surface area (Å²) in [7, 11) is -3.38. The fourth-order valence-corrected chi connectivity index (χ4v) is 4.11. The highest BCUT2D eigenvalue weighted by Gasteiger charge is 2.35. The number of carbonyl (C=O) groups is 1. The number of sulfonamides is 1. The third-order valence-corrected chi connectivity index (χ3v) is 6.23. The molecule has 2 heterocycles. The lowest BCUT2D eigenvalue weighted by atomic mass is 10.1. The van der Waals surface area contributed by atoms with Gasteiger partial charge < -0.3 is 5.32 Å². The van der Waals surface area contributed by atoms with Crippen molar-refractivity contribution in [3.05, 3.63) is 66.7 Å². The van der Waals surface area contributed by atoms with E-state index in [4.69, 9.17) is 0 Å². The molecule has 3 aromatic rings. The monoisotopic (exact) mass is 409 g/mol. The number of hydrogen-bond acceptors (Lipinski definition) is 6. The van der Waals surface area contributed by atoms with Gasteiger partial charge >= 0.3 is 0 Å². The zero-order chi connectivity index (χ0) is 20.3. The van der Waals surface area contributed by atoms with Crippen molar-refractivity contribution in [2.75, 3.05) is 10.0 Å². The van der Waals surface area contributed by atoms with Crippen molar-refractivity contribution in [2.45, 2.75) is 24.5 Å². The molecule has 29 heavy (non-hydrogen) atoms. The van der Waals surface area contributed by atoms with Crippen molar-refractivity contribution < 1.29 is 13.2 Å². The minimum Gasteiger partial charge on any atom is -0.326 e. The number of hydrogen-bond donors (Lipinski definition) is 2. The van der Waals surface area contributed by atoms with Crippen molar-refractivity contribution >= 4 is 27.4 Å². The molecule has 0 atom stereocenters. The second kappa shape index (κ2) is 7.96. The highest BCUT2D eigenvalue weighted by molar-refractivity contribution is 7.93. The largest absolute Gasteiger partial charge is 0.326 e. The number of carbonyl (C=O) groups excluding carboxylic acids is 1. The van der Waals surface area contributed by atoms with Gasteiger partial charge in [-0.3, -0.25) is 19.5 Å². The number of rotatable bonds is 7. The maximum absolute atomic E-state index is 12.3. The first-order valence-electron chi connectivity index (χ1n) is 9.13. The van der Waals surface area contributed by atoms with Gasteiger partial charge in [-0.15, -0.1) is 0 Å². The van der Waals surface area contributed by atoms with Crippen LogP contribution < -0.4 is 10.0 Å². The Kier molecular flexibility index (Phi) is 5.22. The molecular formula is C20H19N5O3S. The van der Waals surface area contributed by atoms with E-state index >= 15 is 0 Å². The highest BCUT2D eigenvalue weighted by Crippen LogP contribution is 2.29. The van der Waals surface area contributed by atoms with E-state index in [0.717, 1.165) is 11.3 Å². The first kappa shape index (κ1) is 19.0. The molecule has 0 unspecified atom stereocenters. The number of pyridine rings is 1. The van der Waals surface area contributed by atoms with E-state index < -0.39 is 10.0 Å². The molecule has 0 radical (unpaired) electrons. The van der Waals surface area contributed by atoms with E-state index in [1.165, 1.54) is 0 Å². The molecule has 4 rings (SSSR count). The van der Waals surface area contributed by atoms with Gasteiger partial charge in [-0.25, -0.2) is 13.4 Å². The lowest BCUT2D eigenvalue weighted by molar-refractivity contribution is -0.115. The zero-order valence-electron chi connectivity index (χ0n) is 15.4. The summed E-state index contributed by atoms with van der Waals surface area (Å²) in [6, 6.07) is 12.2. The van der Waals surface area contributed by atoms with Crippen LogP contribution >= 0.6 is 0 Å². The van der Waals surface area contributed by atoms with E-state index in [9.17, 15) is 13.2 Å². The molecule has 0 saturated heterocycles. The van der Waals surface area contributed by atoms with E-state index in [1.807, 2.05) is 12.1 Å². The second-order valence-electron chi connectivity index (χ2n) is 6.75. The quantitative estimate of drug-likeness (QED) is 0.620. The number of benzene rings is 1. The van der Waals surface area contributed by atoms with Gasteiger partial charge in [-0.2, -0.15) is 0 Å². The van der Waals surface area contributed by atoms with E-state index in [2.05, 4.69) is 25.0 Å². The Morgan fingerprint density at radius 1 is 1.07 bits per heavy atom. The van der Waals surface area contributed by atoms with Crippen LogP contribution in [-0.4, -0.2) is 34.5 Å². The van der Waals surface area contributed by atoms with Crippen LogP contribution in [-0.2, 0) is 21.2 Å². The number of nitrogens with zero attached hydrogens (tertiary/aromatic N) is 3. The van der Waals surface area contributed by atoms with Crippen LogP contribution in [0.15, 0.2) is 61.1 Å². The van der Waals surface area contributed by atoms with E-state index in [-0.39, 0.29) is 23.4 Å². The third-order valence-electron chi connectivity index (χ3n) is 4.39. The molecule has 1 amide bonds. The lowest BCUT2D eigenvalue weighted by Gasteiger charge is -2.09. The first-order chi connectivity index (χ1) is 14.0. The Morgan fingerprint density at radius 3 is 2.55 bits per heavy atom. The molecule has 148 valence electrons. The maximum atomic E-state index is 12.3. The van der Waals surface area contributed by atoms with Crippen molar-refractivity contribution in [1.29, 1.82) is 0 Å². The standard InChI is InChI=1S/C20H19N5O3S/c26-20(24-15-6-4-14(5-7-15)18-13-21-10-11-22-18)12-16-2-1-3-19(23-16)25-29(27,28)17-8-9-17/h1-7,10-11,13,17H,8-9,12H2,(H,23,25)(H,24,26). The zero-order valence-corrected chi connectivity index (χ0v) is 16.3. The second-order valence-corrected chi connectivity index (χ2v) is 8.71. The summed E-state index contributed by atoms with van der Waals surface area (Å²) >= 11 is 0. The minimum atomic E-state index is -3.38. The van der Waals surface area contributed by atoms with Gasteiger partial charge in [-0.1, -0.05) is 18.2 Å². The van der Waals surface area contributed by atoms with Gasteiger partial charge in [-0.05, 0) is 37.1 Å². The summed E-state index contributed by atoms with van der Waals surface area (Å²) in [5.74, 6) is -0.0116. The predicted molar refractivity (Wildman–Crippen MR) is 110 cm³/mol. The summed E-state index contributed by atoms with van der Waals surface area (Å²) in [5.41, 5.74) is 2.77. The molecule has 1 saturated carbocycles. The van der Waals surface area contributed by atoms with Crippen LogP contribution in [0.4, 0.5) is 11.5 Å². The van der Waals surface area contributed by atoms with Gasteiger partial charge in [0.25, 0.3) is 0 Å². The molecule has 0 bridgehead atoms. The van der Waals surface area contributed by atoms with Crippen LogP contribution in [0, 0.1) is 0 Å². The fourth-order valence-electron chi connectivity index (χ4n) is 2.78. The average molecular weight is 409 g/mol. The smallest absolute Gasteiger partial charge is 0.236 e. The Bertz CT molecular complexity index is 1110. The van der Waals surface area contributed by atoms with Crippen molar-refractivity contribution in [2.24, 2.45) is 0 Å². The van der Waals surface area contributed by atoms with Gasteiger partial charge in [0.2, 0.25) is 15.9 Å². The Labute approximate surface area is 168 Å². The van der Waals surface area contributed by atoms with Crippen molar-refractivity contribution in [1.82, 2.24) is 15.0 Å². The van der Waals surface area contributed by atoms with Gasteiger partial charge in [0.05, 0.1) is 29.3 Å². The molecular weight excluding hydrogens is 390 g/mol. The number of aromatic nitrogens is 3.